The third-order valence-corrected chi connectivity index (χ3v) is 4.36. The van der Waals surface area contributed by atoms with Crippen molar-refractivity contribution in [1.82, 2.24) is 14.9 Å². The standard InChI is InChI=1S/C22H25FN4O2/c1-16(29-20-9-5-8-18(23)10-20)12-25-22(28)21(24)11-19-14-27(15-26-19)13-17-6-3-2-4-7-17/h2-10,14-16,21H,11-13,24H2,1H3,(H,25,28)/t16?,21-/m0/s1. The van der Waals surface area contributed by atoms with Gasteiger partial charge in [0.25, 0.3) is 0 Å². The van der Waals surface area contributed by atoms with E-state index in [2.05, 4.69) is 10.3 Å². The number of aromatic nitrogens is 2. The Morgan fingerprint density at radius 2 is 2.03 bits per heavy atom. The van der Waals surface area contributed by atoms with Gasteiger partial charge >= 0.3 is 0 Å². The first-order valence-electron chi connectivity index (χ1n) is 9.49. The van der Waals surface area contributed by atoms with E-state index in [0.717, 1.165) is 5.69 Å². The molecule has 3 rings (SSSR count). The summed E-state index contributed by atoms with van der Waals surface area (Å²) < 4.78 is 20.7. The number of carbonyl (C=O) groups is 1. The molecule has 1 aromatic heterocycles. The zero-order valence-corrected chi connectivity index (χ0v) is 16.3. The van der Waals surface area contributed by atoms with E-state index in [-0.39, 0.29) is 24.4 Å². The highest BCUT2D eigenvalue weighted by Crippen LogP contribution is 2.13. The molecule has 0 radical (unpaired) electrons. The smallest absolute Gasteiger partial charge is 0.237 e. The van der Waals surface area contributed by atoms with Crippen LogP contribution in [-0.4, -0.2) is 34.1 Å². The summed E-state index contributed by atoms with van der Waals surface area (Å²) in [4.78, 5) is 16.6. The molecular formula is C22H25FN4O2. The van der Waals surface area contributed by atoms with Crippen LogP contribution < -0.4 is 15.8 Å². The molecule has 0 aliphatic carbocycles. The van der Waals surface area contributed by atoms with Gasteiger partial charge in [-0.15, -0.1) is 0 Å². The largest absolute Gasteiger partial charge is 0.489 e. The third-order valence-electron chi connectivity index (χ3n) is 4.36. The Bertz CT molecular complexity index is 929. The fourth-order valence-electron chi connectivity index (χ4n) is 2.90. The molecule has 3 aromatic rings. The summed E-state index contributed by atoms with van der Waals surface area (Å²) >= 11 is 0. The molecular weight excluding hydrogens is 371 g/mol. The molecule has 3 N–H and O–H groups in total. The summed E-state index contributed by atoms with van der Waals surface area (Å²) in [5.41, 5.74) is 7.95. The van der Waals surface area contributed by atoms with Gasteiger partial charge in [-0.1, -0.05) is 36.4 Å². The molecule has 0 saturated carbocycles. The number of ether oxygens (including phenoxy) is 1. The maximum absolute atomic E-state index is 13.2. The van der Waals surface area contributed by atoms with Gasteiger partial charge in [0.05, 0.1) is 24.6 Å². The van der Waals surface area contributed by atoms with Crippen molar-refractivity contribution >= 4 is 5.91 Å². The number of nitrogens with one attached hydrogen (secondary N) is 1. The minimum atomic E-state index is -0.712. The lowest BCUT2D eigenvalue weighted by molar-refractivity contribution is -0.122. The average Bonchev–Trinajstić information content (AvgIpc) is 3.13. The zero-order valence-electron chi connectivity index (χ0n) is 16.3. The summed E-state index contributed by atoms with van der Waals surface area (Å²) in [5.74, 6) is -0.232. The molecule has 1 heterocycles. The lowest BCUT2D eigenvalue weighted by Crippen LogP contribution is -2.45. The van der Waals surface area contributed by atoms with Crippen LogP contribution in [0.5, 0.6) is 5.75 Å². The number of nitrogens with zero attached hydrogens (tertiary/aromatic N) is 2. The molecule has 1 amide bonds. The van der Waals surface area contributed by atoms with Crippen molar-refractivity contribution in [3.05, 3.63) is 84.2 Å². The van der Waals surface area contributed by atoms with Gasteiger partial charge in [0.2, 0.25) is 5.91 Å². The van der Waals surface area contributed by atoms with Gasteiger partial charge in [-0.2, -0.15) is 0 Å². The van der Waals surface area contributed by atoms with Gasteiger partial charge in [0, 0.05) is 25.2 Å². The van der Waals surface area contributed by atoms with Gasteiger partial charge < -0.3 is 20.4 Å². The monoisotopic (exact) mass is 396 g/mol. The Morgan fingerprint density at radius 3 is 2.79 bits per heavy atom. The summed E-state index contributed by atoms with van der Waals surface area (Å²) in [5, 5.41) is 2.77. The summed E-state index contributed by atoms with van der Waals surface area (Å²) in [7, 11) is 0. The van der Waals surface area contributed by atoms with Crippen LogP contribution in [0.15, 0.2) is 67.1 Å². The molecule has 2 atom stereocenters. The zero-order chi connectivity index (χ0) is 20.6. The van der Waals surface area contributed by atoms with Crippen molar-refractivity contribution in [2.75, 3.05) is 6.54 Å². The quantitative estimate of drug-likeness (QED) is 0.582. The molecule has 0 aliphatic rings. The lowest BCUT2D eigenvalue weighted by Gasteiger charge is -2.17. The van der Waals surface area contributed by atoms with Gasteiger partial charge in [-0.25, -0.2) is 9.37 Å². The Balaban J connectivity index is 1.44. The first kappa shape index (κ1) is 20.5. The summed E-state index contributed by atoms with van der Waals surface area (Å²) in [6, 6.07) is 15.2. The lowest BCUT2D eigenvalue weighted by atomic mass is 10.1. The topological polar surface area (TPSA) is 82.2 Å². The molecule has 0 aliphatic heterocycles. The van der Waals surface area contributed by atoms with E-state index in [1.807, 2.05) is 41.1 Å². The van der Waals surface area contributed by atoms with E-state index in [1.54, 1.807) is 25.4 Å². The SMILES string of the molecule is CC(CNC(=O)[C@@H](N)Cc1cn(Cc2ccccc2)cn1)Oc1cccc(F)c1. The van der Waals surface area contributed by atoms with E-state index >= 15 is 0 Å². The minimum absolute atomic E-state index is 0.269. The molecule has 7 heteroatoms. The number of rotatable bonds is 9. The number of benzene rings is 2. The minimum Gasteiger partial charge on any atom is -0.489 e. The van der Waals surface area contributed by atoms with Crippen molar-refractivity contribution in [2.45, 2.75) is 32.0 Å². The predicted molar refractivity (Wildman–Crippen MR) is 109 cm³/mol. The molecule has 6 nitrogen and oxygen atoms in total. The van der Waals surface area contributed by atoms with E-state index in [9.17, 15) is 9.18 Å². The molecule has 0 spiro atoms. The number of hydrogen-bond donors (Lipinski definition) is 2. The molecule has 0 bridgehead atoms. The molecule has 0 saturated heterocycles. The number of nitrogens with two attached hydrogens (primary N) is 1. The maximum Gasteiger partial charge on any atom is 0.237 e. The molecule has 2 aromatic carbocycles. The van der Waals surface area contributed by atoms with Crippen molar-refractivity contribution < 1.29 is 13.9 Å². The molecule has 1 unspecified atom stereocenters. The highest BCUT2D eigenvalue weighted by atomic mass is 19.1. The van der Waals surface area contributed by atoms with Crippen LogP contribution >= 0.6 is 0 Å². The normalized spacial score (nSPS) is 12.9. The second kappa shape index (κ2) is 9.84. The van der Waals surface area contributed by atoms with Crippen LogP contribution in [0.1, 0.15) is 18.2 Å². The second-order valence-electron chi connectivity index (χ2n) is 6.96. The predicted octanol–water partition coefficient (Wildman–Crippen LogP) is 2.52. The summed E-state index contributed by atoms with van der Waals surface area (Å²) in [6.07, 6.45) is 3.66. The summed E-state index contributed by atoms with van der Waals surface area (Å²) in [6.45, 7) is 2.78. The van der Waals surface area contributed by atoms with Crippen LogP contribution in [0.25, 0.3) is 0 Å². The fraction of sp³-hybridized carbons (Fsp3) is 0.273. The first-order valence-corrected chi connectivity index (χ1v) is 9.49. The number of imidazole rings is 1. The Labute approximate surface area is 169 Å². The van der Waals surface area contributed by atoms with Crippen LogP contribution in [0.3, 0.4) is 0 Å². The van der Waals surface area contributed by atoms with E-state index in [1.165, 1.54) is 17.7 Å². The molecule has 0 fully saturated rings. The Hall–Kier alpha value is -3.19. The highest BCUT2D eigenvalue weighted by molar-refractivity contribution is 5.81. The number of carbonyl (C=O) groups excluding carboxylic acids is 1. The fourth-order valence-corrected chi connectivity index (χ4v) is 2.90. The van der Waals surface area contributed by atoms with Gasteiger partial charge in [-0.3, -0.25) is 4.79 Å². The third kappa shape index (κ3) is 6.43. The number of hydrogen-bond acceptors (Lipinski definition) is 4. The maximum atomic E-state index is 13.2. The van der Waals surface area contributed by atoms with Crippen molar-refractivity contribution in [3.63, 3.8) is 0 Å². The van der Waals surface area contributed by atoms with Crippen molar-refractivity contribution in [3.8, 4) is 5.75 Å². The highest BCUT2D eigenvalue weighted by Gasteiger charge is 2.16. The van der Waals surface area contributed by atoms with E-state index in [4.69, 9.17) is 10.5 Å². The van der Waals surface area contributed by atoms with Crippen LogP contribution in [0.2, 0.25) is 0 Å². The van der Waals surface area contributed by atoms with Crippen LogP contribution in [0.4, 0.5) is 4.39 Å². The second-order valence-corrected chi connectivity index (χ2v) is 6.96. The average molecular weight is 396 g/mol. The van der Waals surface area contributed by atoms with Crippen LogP contribution in [-0.2, 0) is 17.8 Å². The van der Waals surface area contributed by atoms with Crippen molar-refractivity contribution in [2.24, 2.45) is 5.73 Å². The molecule has 152 valence electrons. The van der Waals surface area contributed by atoms with Crippen molar-refractivity contribution in [1.29, 1.82) is 0 Å². The van der Waals surface area contributed by atoms with Gasteiger partial charge in [0.15, 0.2) is 0 Å². The Kier molecular flexibility index (Phi) is 6.97. The van der Waals surface area contributed by atoms with Gasteiger partial charge in [-0.05, 0) is 24.6 Å². The number of amides is 1. The number of halogens is 1. The first-order chi connectivity index (χ1) is 14.0. The van der Waals surface area contributed by atoms with E-state index in [0.29, 0.717) is 18.7 Å². The van der Waals surface area contributed by atoms with E-state index < -0.39 is 6.04 Å². The Morgan fingerprint density at radius 1 is 1.24 bits per heavy atom. The molecule has 29 heavy (non-hydrogen) atoms. The van der Waals surface area contributed by atoms with Gasteiger partial charge in [0.1, 0.15) is 17.7 Å². The van der Waals surface area contributed by atoms with Crippen LogP contribution in [0, 0.1) is 5.82 Å².